The Labute approximate surface area is 111 Å². The summed E-state index contributed by atoms with van der Waals surface area (Å²) >= 11 is 0. The summed E-state index contributed by atoms with van der Waals surface area (Å²) in [5, 5.41) is 0. The van der Waals surface area contributed by atoms with Gasteiger partial charge in [0.2, 0.25) is 0 Å². The molecule has 18 heavy (non-hydrogen) atoms. The van der Waals surface area contributed by atoms with E-state index < -0.39 is 5.60 Å². The predicted octanol–water partition coefficient (Wildman–Crippen LogP) is 3.62. The number of hydrogen-bond acceptors (Lipinski definition) is 3. The fourth-order valence-corrected chi connectivity index (χ4v) is 2.76. The topological polar surface area (TPSA) is 35.5 Å². The average Bonchev–Trinajstić information content (AvgIpc) is 2.32. The van der Waals surface area contributed by atoms with Crippen molar-refractivity contribution < 1.29 is 14.3 Å². The maximum Gasteiger partial charge on any atom is 0.333 e. The van der Waals surface area contributed by atoms with E-state index in [1.807, 2.05) is 6.92 Å². The molecule has 1 saturated carbocycles. The monoisotopic (exact) mass is 254 g/mol. The van der Waals surface area contributed by atoms with Gasteiger partial charge < -0.3 is 9.47 Å². The smallest absolute Gasteiger partial charge is 0.333 e. The van der Waals surface area contributed by atoms with Gasteiger partial charge in [-0.2, -0.15) is 0 Å². The molecule has 2 unspecified atom stereocenters. The lowest BCUT2D eigenvalue weighted by molar-refractivity contribution is -0.184. The van der Waals surface area contributed by atoms with Crippen molar-refractivity contribution in [2.45, 2.75) is 71.0 Å². The molecule has 104 valence electrons. The lowest BCUT2D eigenvalue weighted by Gasteiger charge is -2.43. The predicted molar refractivity (Wildman–Crippen MR) is 72.4 cm³/mol. The van der Waals surface area contributed by atoms with Crippen LogP contribution in [0.5, 0.6) is 0 Å². The molecule has 3 nitrogen and oxygen atoms in total. The minimum atomic E-state index is -0.432. The van der Waals surface area contributed by atoms with Crippen LogP contribution in [0, 0.1) is 0 Å². The van der Waals surface area contributed by atoms with Crippen LogP contribution >= 0.6 is 0 Å². The van der Waals surface area contributed by atoms with E-state index >= 15 is 0 Å². The van der Waals surface area contributed by atoms with Gasteiger partial charge in [0, 0.05) is 12.2 Å². The van der Waals surface area contributed by atoms with Crippen molar-refractivity contribution >= 4 is 5.97 Å². The Bertz CT molecular complexity index is 292. The molecule has 3 heteroatoms. The fraction of sp³-hybridized carbons (Fsp3) is 0.800. The molecule has 0 radical (unpaired) electrons. The highest BCUT2D eigenvalue weighted by Gasteiger charge is 2.44. The molecule has 1 aliphatic carbocycles. The highest BCUT2D eigenvalue weighted by atomic mass is 16.6. The van der Waals surface area contributed by atoms with E-state index in [9.17, 15) is 4.79 Å². The second kappa shape index (κ2) is 6.93. The highest BCUT2D eigenvalue weighted by Crippen LogP contribution is 2.38. The van der Waals surface area contributed by atoms with Gasteiger partial charge in [-0.15, -0.1) is 0 Å². The van der Waals surface area contributed by atoms with Gasteiger partial charge >= 0.3 is 5.97 Å². The number of esters is 1. The summed E-state index contributed by atoms with van der Waals surface area (Å²) in [5.74, 6) is -0.282. The largest absolute Gasteiger partial charge is 0.453 e. The summed E-state index contributed by atoms with van der Waals surface area (Å²) in [6.45, 7) is 10.1. The van der Waals surface area contributed by atoms with Crippen molar-refractivity contribution in [3.63, 3.8) is 0 Å². The van der Waals surface area contributed by atoms with Crippen molar-refractivity contribution in [3.05, 3.63) is 12.2 Å². The summed E-state index contributed by atoms with van der Waals surface area (Å²) in [7, 11) is 0. The molecule has 0 spiro atoms. The number of carbonyl (C=O) groups is 1. The molecular formula is C15H26O3. The van der Waals surface area contributed by atoms with Crippen LogP contribution in [-0.4, -0.2) is 24.3 Å². The van der Waals surface area contributed by atoms with Gasteiger partial charge in [-0.25, -0.2) is 4.79 Å². The first-order chi connectivity index (χ1) is 8.55. The van der Waals surface area contributed by atoms with Crippen molar-refractivity contribution in [2.24, 2.45) is 0 Å². The molecule has 0 heterocycles. The lowest BCUT2D eigenvalue weighted by atomic mass is 9.78. The molecule has 0 aromatic carbocycles. The third-order valence-electron chi connectivity index (χ3n) is 3.59. The van der Waals surface area contributed by atoms with E-state index in [0.717, 1.165) is 38.5 Å². The SMILES string of the molecule is C=C(C)C(=O)OC1(CCC)CCCCC1OCC. The summed E-state index contributed by atoms with van der Waals surface area (Å²) < 4.78 is 11.6. The van der Waals surface area contributed by atoms with Crippen LogP contribution in [0.4, 0.5) is 0 Å². The zero-order chi connectivity index (χ0) is 13.6. The van der Waals surface area contributed by atoms with E-state index in [1.54, 1.807) is 6.92 Å². The zero-order valence-corrected chi connectivity index (χ0v) is 12.0. The van der Waals surface area contributed by atoms with E-state index in [1.165, 1.54) is 0 Å². The molecule has 0 N–H and O–H groups in total. The Morgan fingerprint density at radius 1 is 1.39 bits per heavy atom. The Hall–Kier alpha value is -0.830. The normalized spacial score (nSPS) is 27.8. The second-order valence-corrected chi connectivity index (χ2v) is 5.17. The van der Waals surface area contributed by atoms with Crippen LogP contribution in [0.15, 0.2) is 12.2 Å². The zero-order valence-electron chi connectivity index (χ0n) is 12.0. The molecular weight excluding hydrogens is 228 g/mol. The quantitative estimate of drug-likeness (QED) is 0.536. The maximum atomic E-state index is 11.9. The Morgan fingerprint density at radius 2 is 2.11 bits per heavy atom. The molecule has 0 saturated heterocycles. The summed E-state index contributed by atoms with van der Waals surface area (Å²) in [4.78, 5) is 11.9. The third-order valence-corrected chi connectivity index (χ3v) is 3.59. The Morgan fingerprint density at radius 3 is 2.67 bits per heavy atom. The van der Waals surface area contributed by atoms with Crippen LogP contribution in [-0.2, 0) is 14.3 Å². The van der Waals surface area contributed by atoms with Crippen LogP contribution in [0.3, 0.4) is 0 Å². The van der Waals surface area contributed by atoms with Gasteiger partial charge in [0.25, 0.3) is 0 Å². The summed E-state index contributed by atoms with van der Waals surface area (Å²) in [5.41, 5.74) is 0.0327. The standard InChI is InChI=1S/C15H26O3/c1-5-10-15(18-14(16)12(3)4)11-8-7-9-13(15)17-6-2/h13H,3,5-11H2,1-2,4H3. The molecule has 0 aromatic heterocycles. The van der Waals surface area contributed by atoms with E-state index in [4.69, 9.17) is 9.47 Å². The lowest BCUT2D eigenvalue weighted by Crippen LogP contribution is -2.50. The van der Waals surface area contributed by atoms with Crippen LogP contribution < -0.4 is 0 Å². The van der Waals surface area contributed by atoms with E-state index in [2.05, 4.69) is 13.5 Å². The number of carbonyl (C=O) groups excluding carboxylic acids is 1. The van der Waals surface area contributed by atoms with Gasteiger partial charge in [-0.3, -0.25) is 0 Å². The van der Waals surface area contributed by atoms with Crippen LogP contribution in [0.2, 0.25) is 0 Å². The molecule has 1 fully saturated rings. The maximum absolute atomic E-state index is 11.9. The van der Waals surface area contributed by atoms with E-state index in [-0.39, 0.29) is 12.1 Å². The number of ether oxygens (including phenoxy) is 2. The van der Waals surface area contributed by atoms with Crippen molar-refractivity contribution in [1.29, 1.82) is 0 Å². The summed E-state index contributed by atoms with van der Waals surface area (Å²) in [6.07, 6.45) is 6.05. The van der Waals surface area contributed by atoms with Crippen molar-refractivity contribution in [3.8, 4) is 0 Å². The Balaban J connectivity index is 2.86. The molecule has 0 aliphatic heterocycles. The minimum absolute atomic E-state index is 0.0412. The third kappa shape index (κ3) is 3.58. The molecule has 0 bridgehead atoms. The molecule has 1 aliphatic rings. The average molecular weight is 254 g/mol. The molecule has 1 rings (SSSR count). The molecule has 2 atom stereocenters. The molecule has 0 aromatic rings. The van der Waals surface area contributed by atoms with Crippen molar-refractivity contribution in [2.75, 3.05) is 6.61 Å². The van der Waals surface area contributed by atoms with Gasteiger partial charge in [-0.05, 0) is 39.5 Å². The van der Waals surface area contributed by atoms with Crippen molar-refractivity contribution in [1.82, 2.24) is 0 Å². The fourth-order valence-electron chi connectivity index (χ4n) is 2.76. The first-order valence-electron chi connectivity index (χ1n) is 7.06. The highest BCUT2D eigenvalue weighted by molar-refractivity contribution is 5.87. The molecule has 0 amide bonds. The van der Waals surface area contributed by atoms with Gasteiger partial charge in [-0.1, -0.05) is 26.3 Å². The van der Waals surface area contributed by atoms with Crippen LogP contribution in [0.1, 0.15) is 59.3 Å². The minimum Gasteiger partial charge on any atom is -0.453 e. The number of rotatable bonds is 6. The summed E-state index contributed by atoms with van der Waals surface area (Å²) in [6, 6.07) is 0. The van der Waals surface area contributed by atoms with Crippen LogP contribution in [0.25, 0.3) is 0 Å². The second-order valence-electron chi connectivity index (χ2n) is 5.17. The number of hydrogen-bond donors (Lipinski definition) is 0. The van der Waals surface area contributed by atoms with Gasteiger partial charge in [0.1, 0.15) is 5.60 Å². The van der Waals surface area contributed by atoms with E-state index in [0.29, 0.717) is 12.2 Å². The van der Waals surface area contributed by atoms with Gasteiger partial charge in [0.15, 0.2) is 0 Å². The first kappa shape index (κ1) is 15.2. The first-order valence-corrected chi connectivity index (χ1v) is 7.06. The van der Waals surface area contributed by atoms with Gasteiger partial charge in [0.05, 0.1) is 6.10 Å². The Kier molecular flexibility index (Phi) is 5.86.